The van der Waals surface area contributed by atoms with Crippen molar-refractivity contribution in [3.05, 3.63) is 137 Å². The van der Waals surface area contributed by atoms with Crippen LogP contribution in [0.3, 0.4) is 0 Å². The summed E-state index contributed by atoms with van der Waals surface area (Å²) in [6.45, 7) is 31.8. The minimum absolute atomic E-state index is 0.760. The summed E-state index contributed by atoms with van der Waals surface area (Å²) in [7, 11) is 4.25. The predicted octanol–water partition coefficient (Wildman–Crippen LogP) is 12.5. The topological polar surface area (TPSA) is 12.4 Å². The molecule has 45 heavy (non-hydrogen) atoms. The first-order valence-corrected chi connectivity index (χ1v) is 17.4. The van der Waals surface area contributed by atoms with Gasteiger partial charge in [-0.2, -0.15) is 0 Å². The normalized spacial score (nSPS) is 9.89. The highest BCUT2D eigenvalue weighted by molar-refractivity contribution is 7.40. The lowest BCUT2D eigenvalue weighted by Gasteiger charge is -2.11. The maximum atomic E-state index is 4.00. The van der Waals surface area contributed by atoms with Gasteiger partial charge in [0.2, 0.25) is 0 Å². The van der Waals surface area contributed by atoms with Crippen LogP contribution in [0.25, 0.3) is 18.7 Å². The molecule has 0 bridgehead atoms. The van der Waals surface area contributed by atoms with E-state index < -0.39 is 0 Å². The molecule has 3 aromatic rings. The fourth-order valence-electron chi connectivity index (χ4n) is 3.59. The average molecular weight is 630 g/mol. The number of aliphatic imine (C=N–C) groups is 1. The molecule has 1 nitrogen and oxygen atoms in total. The Labute approximate surface area is 282 Å². The molecule has 0 saturated heterocycles. The molecule has 0 saturated carbocycles. The molecule has 2 heteroatoms. The van der Waals surface area contributed by atoms with Gasteiger partial charge in [0.15, 0.2) is 0 Å². The van der Waals surface area contributed by atoms with E-state index in [-0.39, 0.29) is 0 Å². The fourth-order valence-corrected chi connectivity index (χ4v) is 3.59. The Morgan fingerprint density at radius 3 is 1.69 bits per heavy atom. The van der Waals surface area contributed by atoms with E-state index in [2.05, 4.69) is 115 Å². The van der Waals surface area contributed by atoms with Crippen LogP contribution < -0.4 is 10.4 Å². The molecule has 0 aliphatic heterocycles. The maximum Gasteiger partial charge on any atom is 0.0280 e. The van der Waals surface area contributed by atoms with Crippen molar-refractivity contribution < 1.29 is 0 Å². The first-order valence-electron chi connectivity index (χ1n) is 16.8. The van der Waals surface area contributed by atoms with Crippen molar-refractivity contribution in [1.29, 1.82) is 0 Å². The summed E-state index contributed by atoms with van der Waals surface area (Å²) in [5, 5.41) is 2.34. The molecule has 3 rings (SSSR count). The molecule has 0 amide bonds. The highest BCUT2D eigenvalue weighted by Gasteiger charge is 2.04. The zero-order chi connectivity index (χ0) is 35.3. The highest BCUT2D eigenvalue weighted by Crippen LogP contribution is 2.21. The lowest BCUT2D eigenvalue weighted by Crippen LogP contribution is -2.22. The summed E-state index contributed by atoms with van der Waals surface area (Å²) < 4.78 is 0. The molecule has 0 N–H and O–H groups in total. The molecule has 3 aromatic carbocycles. The SMILES string of the molecule is C=C/C=C/c1ccccc1.C=CCCc1cc/c(=C/C)c(=C)c1.CC.CC.CC.CCC(CC)c1ccccc1.CN=C(C)P. The molecule has 1 unspecified atom stereocenters. The number of hydrogen-bond acceptors (Lipinski definition) is 1. The summed E-state index contributed by atoms with van der Waals surface area (Å²) in [5.74, 6) is 0.760. The Kier molecular flexibility index (Phi) is 41.9. The fraction of sp³-hybridized carbons (Fsp3) is 0.372. The van der Waals surface area contributed by atoms with Gasteiger partial charge >= 0.3 is 0 Å². The molecule has 0 aliphatic carbocycles. The van der Waals surface area contributed by atoms with E-state index in [1.165, 1.54) is 34.8 Å². The van der Waals surface area contributed by atoms with Gasteiger partial charge in [0.05, 0.1) is 0 Å². The number of allylic oxidation sites excluding steroid dienone is 3. The van der Waals surface area contributed by atoms with Crippen LogP contribution in [-0.4, -0.2) is 12.5 Å². The molecule has 0 heterocycles. The van der Waals surface area contributed by atoms with Gasteiger partial charge in [-0.05, 0) is 72.6 Å². The van der Waals surface area contributed by atoms with Crippen LogP contribution in [0.1, 0.15) is 111 Å². The number of hydrogen-bond donors (Lipinski definition) is 0. The Balaban J connectivity index is -0.000000243. The van der Waals surface area contributed by atoms with Gasteiger partial charge in [0.1, 0.15) is 0 Å². The van der Waals surface area contributed by atoms with Crippen LogP contribution in [0.4, 0.5) is 0 Å². The third kappa shape index (κ3) is 29.2. The first-order chi connectivity index (χ1) is 21.9. The lowest BCUT2D eigenvalue weighted by molar-refractivity contribution is 0.642. The van der Waals surface area contributed by atoms with Gasteiger partial charge in [0, 0.05) is 12.5 Å². The van der Waals surface area contributed by atoms with Gasteiger partial charge < -0.3 is 0 Å². The molecule has 0 aliphatic rings. The molecule has 1 atom stereocenters. The smallest absolute Gasteiger partial charge is 0.0280 e. The maximum absolute atomic E-state index is 4.00. The standard InChI is InChI=1S/C13H16.C11H16.C10H10.C3H8NP.3C2H6/c1-4-6-7-12-8-9-13(5-2)11(3)10-12;1-3-10(4-2)11-8-6-5-7-9-11;1-2-3-7-10-8-5-4-6-9-10;1-3(5)4-2;3*1-2/h4-5,8-10H,1,3,6-7H2,2H3;5-10H,3-4H2,1-2H3;2-9H,1H2;5H2,1-2H3;3*1-2H3/b13-5-;;7-3+;;;;. The van der Waals surface area contributed by atoms with Crippen LogP contribution in [0.15, 0.2) is 115 Å². The quantitative estimate of drug-likeness (QED) is 0.102. The van der Waals surface area contributed by atoms with Gasteiger partial charge in [-0.3, -0.25) is 4.99 Å². The van der Waals surface area contributed by atoms with E-state index >= 15 is 0 Å². The van der Waals surface area contributed by atoms with E-state index in [4.69, 9.17) is 0 Å². The van der Waals surface area contributed by atoms with E-state index in [0.717, 1.165) is 29.4 Å². The van der Waals surface area contributed by atoms with Crippen molar-refractivity contribution in [2.75, 3.05) is 7.05 Å². The minimum atomic E-state index is 0.760. The van der Waals surface area contributed by atoms with E-state index in [0.29, 0.717) is 0 Å². The zero-order valence-corrected chi connectivity index (χ0v) is 32.1. The van der Waals surface area contributed by atoms with Crippen molar-refractivity contribution >= 4 is 33.4 Å². The Hall–Kier alpha value is -3.28. The van der Waals surface area contributed by atoms with Crippen LogP contribution in [0.2, 0.25) is 0 Å². The molecular formula is C43H68NP. The Bertz CT molecular complexity index is 1200. The van der Waals surface area contributed by atoms with Gasteiger partial charge in [-0.15, -0.1) is 6.58 Å². The predicted molar refractivity (Wildman–Crippen MR) is 218 cm³/mol. The summed E-state index contributed by atoms with van der Waals surface area (Å²) in [4.78, 5) is 3.77. The molecule has 0 spiro atoms. The van der Waals surface area contributed by atoms with Crippen molar-refractivity contribution in [2.45, 2.75) is 101 Å². The molecule has 0 fully saturated rings. The largest absolute Gasteiger partial charge is 0.294 e. The minimum Gasteiger partial charge on any atom is -0.294 e. The summed E-state index contributed by atoms with van der Waals surface area (Å²) in [5.41, 5.74) is 5.08. The van der Waals surface area contributed by atoms with Crippen LogP contribution in [0, 0.1) is 0 Å². The van der Waals surface area contributed by atoms with Crippen LogP contribution >= 0.6 is 9.24 Å². The van der Waals surface area contributed by atoms with Crippen LogP contribution in [0.5, 0.6) is 0 Å². The summed E-state index contributed by atoms with van der Waals surface area (Å²) in [6, 6.07) is 27.3. The van der Waals surface area contributed by atoms with Gasteiger partial charge in [-0.1, -0.05) is 187 Å². The van der Waals surface area contributed by atoms with E-state index in [1.807, 2.05) is 91.8 Å². The van der Waals surface area contributed by atoms with E-state index in [1.54, 1.807) is 13.1 Å². The highest BCUT2D eigenvalue weighted by atomic mass is 31.0. The summed E-state index contributed by atoms with van der Waals surface area (Å²) in [6.07, 6.45) is 14.4. The second-order valence-electron chi connectivity index (χ2n) is 8.94. The molecule has 0 aromatic heterocycles. The van der Waals surface area contributed by atoms with Gasteiger partial charge in [0.25, 0.3) is 0 Å². The number of nitrogens with zero attached hydrogens (tertiary/aromatic N) is 1. The monoisotopic (exact) mass is 630 g/mol. The Morgan fingerprint density at radius 1 is 0.822 bits per heavy atom. The number of aryl methyl sites for hydroxylation is 1. The van der Waals surface area contributed by atoms with Gasteiger partial charge in [-0.25, -0.2) is 0 Å². The number of benzene rings is 3. The summed E-state index contributed by atoms with van der Waals surface area (Å²) >= 11 is 0. The molecular weight excluding hydrogens is 561 g/mol. The molecule has 250 valence electrons. The lowest BCUT2D eigenvalue weighted by atomic mass is 9.94. The third-order valence-corrected chi connectivity index (χ3v) is 6.25. The van der Waals surface area contributed by atoms with Crippen molar-refractivity contribution in [3.63, 3.8) is 0 Å². The average Bonchev–Trinajstić information content (AvgIpc) is 3.11. The third-order valence-electron chi connectivity index (χ3n) is 5.99. The zero-order valence-electron chi connectivity index (χ0n) is 30.9. The van der Waals surface area contributed by atoms with Crippen LogP contribution in [-0.2, 0) is 6.42 Å². The Morgan fingerprint density at radius 2 is 1.31 bits per heavy atom. The molecule has 0 radical (unpaired) electrons. The second-order valence-corrected chi connectivity index (χ2v) is 9.78. The van der Waals surface area contributed by atoms with Crippen molar-refractivity contribution in [3.8, 4) is 0 Å². The van der Waals surface area contributed by atoms with Crippen molar-refractivity contribution in [1.82, 2.24) is 0 Å². The van der Waals surface area contributed by atoms with Crippen molar-refractivity contribution in [2.24, 2.45) is 4.99 Å². The first kappa shape index (κ1) is 48.6. The second kappa shape index (κ2) is 38.7. The number of rotatable bonds is 8. The van der Waals surface area contributed by atoms with E-state index in [9.17, 15) is 0 Å².